The summed E-state index contributed by atoms with van der Waals surface area (Å²) in [5.74, 6) is 0.800. The first kappa shape index (κ1) is 15.1. The van der Waals surface area contributed by atoms with Crippen LogP contribution in [0.5, 0.6) is 0 Å². The largest absolute Gasteiger partial charge is 0.380 e. The second kappa shape index (κ2) is 9.08. The van der Waals surface area contributed by atoms with E-state index in [0.717, 1.165) is 18.9 Å². The molecule has 1 aromatic heterocycles. The van der Waals surface area contributed by atoms with E-state index in [1.165, 1.54) is 0 Å². The minimum absolute atomic E-state index is 0.255. The van der Waals surface area contributed by atoms with E-state index in [1.807, 2.05) is 19.9 Å². The molecule has 0 saturated heterocycles. The molecule has 0 aliphatic carbocycles. The molecular formula is C12H20ClN3O2. The molecule has 0 unspecified atom stereocenters. The van der Waals surface area contributed by atoms with Gasteiger partial charge in [-0.05, 0) is 31.5 Å². The van der Waals surface area contributed by atoms with Gasteiger partial charge in [0, 0.05) is 32.5 Å². The van der Waals surface area contributed by atoms with Crippen LogP contribution in [0, 0.1) is 0 Å². The number of ether oxygens (including phenoxy) is 2. The van der Waals surface area contributed by atoms with E-state index in [-0.39, 0.29) is 5.28 Å². The lowest BCUT2D eigenvalue weighted by molar-refractivity contribution is 0.141. The molecule has 5 nitrogen and oxygen atoms in total. The van der Waals surface area contributed by atoms with Gasteiger partial charge < -0.3 is 14.4 Å². The van der Waals surface area contributed by atoms with Crippen LogP contribution in [0.2, 0.25) is 5.28 Å². The summed E-state index contributed by atoms with van der Waals surface area (Å²) in [4.78, 5) is 10.2. The lowest BCUT2D eigenvalue weighted by Crippen LogP contribution is -2.31. The summed E-state index contributed by atoms with van der Waals surface area (Å²) in [7, 11) is 0. The average Bonchev–Trinajstić information content (AvgIpc) is 2.37. The molecule has 0 aliphatic rings. The van der Waals surface area contributed by atoms with Gasteiger partial charge in [-0.3, -0.25) is 0 Å². The predicted molar refractivity (Wildman–Crippen MR) is 72.2 cm³/mol. The third kappa shape index (κ3) is 5.62. The van der Waals surface area contributed by atoms with Crippen LogP contribution in [-0.4, -0.2) is 49.5 Å². The molecule has 0 N–H and O–H groups in total. The summed E-state index contributed by atoms with van der Waals surface area (Å²) in [5, 5.41) is 0.255. The summed E-state index contributed by atoms with van der Waals surface area (Å²) < 4.78 is 10.7. The van der Waals surface area contributed by atoms with Crippen molar-refractivity contribution < 1.29 is 9.47 Å². The first-order valence-electron chi connectivity index (χ1n) is 6.16. The van der Waals surface area contributed by atoms with Crippen molar-refractivity contribution in [2.75, 3.05) is 44.4 Å². The molecule has 0 spiro atoms. The summed E-state index contributed by atoms with van der Waals surface area (Å²) in [6.45, 7) is 8.21. The molecule has 0 bridgehead atoms. The van der Waals surface area contributed by atoms with E-state index >= 15 is 0 Å². The molecule has 6 heteroatoms. The SMILES string of the molecule is CCOCCN(CCOCC)c1ccnc(Cl)n1. The van der Waals surface area contributed by atoms with E-state index in [2.05, 4.69) is 14.9 Å². The molecule has 0 saturated carbocycles. The Balaban J connectivity index is 2.57. The first-order valence-corrected chi connectivity index (χ1v) is 6.54. The Labute approximate surface area is 113 Å². The lowest BCUT2D eigenvalue weighted by atomic mass is 10.4. The second-order valence-electron chi connectivity index (χ2n) is 3.56. The van der Waals surface area contributed by atoms with E-state index in [1.54, 1.807) is 6.20 Å². The van der Waals surface area contributed by atoms with Crippen LogP contribution < -0.4 is 4.90 Å². The molecule has 0 aliphatic heterocycles. The van der Waals surface area contributed by atoms with Gasteiger partial charge in [0.05, 0.1) is 13.2 Å². The van der Waals surface area contributed by atoms with Crippen molar-refractivity contribution in [1.29, 1.82) is 0 Å². The summed E-state index contributed by atoms with van der Waals surface area (Å²) in [5.41, 5.74) is 0. The Kier molecular flexibility index (Phi) is 7.64. The molecule has 0 fully saturated rings. The molecule has 0 atom stereocenters. The van der Waals surface area contributed by atoms with Crippen LogP contribution in [0.1, 0.15) is 13.8 Å². The molecule has 18 heavy (non-hydrogen) atoms. The summed E-state index contributed by atoms with van der Waals surface area (Å²) in [6.07, 6.45) is 1.65. The van der Waals surface area contributed by atoms with E-state index in [4.69, 9.17) is 21.1 Å². The molecule has 0 aromatic carbocycles. The number of hydrogen-bond acceptors (Lipinski definition) is 5. The Morgan fingerprint density at radius 2 is 1.78 bits per heavy atom. The zero-order chi connectivity index (χ0) is 13.2. The van der Waals surface area contributed by atoms with Crippen molar-refractivity contribution in [3.05, 3.63) is 17.5 Å². The number of rotatable bonds is 9. The molecule has 1 heterocycles. The van der Waals surface area contributed by atoms with Gasteiger partial charge in [0.25, 0.3) is 0 Å². The fourth-order valence-electron chi connectivity index (χ4n) is 1.48. The topological polar surface area (TPSA) is 47.5 Å². The van der Waals surface area contributed by atoms with Crippen LogP contribution in [0.3, 0.4) is 0 Å². The number of halogens is 1. The fraction of sp³-hybridized carbons (Fsp3) is 0.667. The fourth-order valence-corrected chi connectivity index (χ4v) is 1.62. The van der Waals surface area contributed by atoms with Crippen molar-refractivity contribution in [1.82, 2.24) is 9.97 Å². The van der Waals surface area contributed by atoms with E-state index in [9.17, 15) is 0 Å². The lowest BCUT2D eigenvalue weighted by Gasteiger charge is -2.23. The molecular weight excluding hydrogens is 254 g/mol. The first-order chi connectivity index (χ1) is 8.77. The van der Waals surface area contributed by atoms with Crippen molar-refractivity contribution in [2.24, 2.45) is 0 Å². The zero-order valence-electron chi connectivity index (χ0n) is 10.9. The van der Waals surface area contributed by atoms with Crippen LogP contribution in [-0.2, 0) is 9.47 Å². The Bertz CT molecular complexity index is 329. The second-order valence-corrected chi connectivity index (χ2v) is 3.90. The predicted octanol–water partition coefficient (Wildman–Crippen LogP) is 2.01. The Morgan fingerprint density at radius 3 is 2.28 bits per heavy atom. The molecule has 0 radical (unpaired) electrons. The minimum atomic E-state index is 0.255. The van der Waals surface area contributed by atoms with Gasteiger partial charge in [0.1, 0.15) is 5.82 Å². The van der Waals surface area contributed by atoms with Crippen LogP contribution >= 0.6 is 11.6 Å². The molecule has 0 amide bonds. The van der Waals surface area contributed by atoms with Crippen molar-refractivity contribution in [3.8, 4) is 0 Å². The number of hydrogen-bond donors (Lipinski definition) is 0. The van der Waals surface area contributed by atoms with Gasteiger partial charge in [-0.2, -0.15) is 0 Å². The molecule has 1 rings (SSSR count). The van der Waals surface area contributed by atoms with Gasteiger partial charge in [0.2, 0.25) is 5.28 Å². The summed E-state index contributed by atoms with van der Waals surface area (Å²) >= 11 is 5.80. The zero-order valence-corrected chi connectivity index (χ0v) is 11.7. The average molecular weight is 274 g/mol. The maximum absolute atomic E-state index is 5.80. The van der Waals surface area contributed by atoms with Gasteiger partial charge >= 0.3 is 0 Å². The van der Waals surface area contributed by atoms with Crippen molar-refractivity contribution in [2.45, 2.75) is 13.8 Å². The van der Waals surface area contributed by atoms with E-state index < -0.39 is 0 Å². The number of nitrogens with zero attached hydrogens (tertiary/aromatic N) is 3. The number of aromatic nitrogens is 2. The van der Waals surface area contributed by atoms with Crippen LogP contribution in [0.4, 0.5) is 5.82 Å². The monoisotopic (exact) mass is 273 g/mol. The van der Waals surface area contributed by atoms with Gasteiger partial charge in [-0.15, -0.1) is 0 Å². The smallest absolute Gasteiger partial charge is 0.224 e. The van der Waals surface area contributed by atoms with E-state index in [0.29, 0.717) is 26.4 Å². The van der Waals surface area contributed by atoms with Crippen LogP contribution in [0.25, 0.3) is 0 Å². The maximum Gasteiger partial charge on any atom is 0.224 e. The highest BCUT2D eigenvalue weighted by molar-refractivity contribution is 6.28. The summed E-state index contributed by atoms with van der Waals surface area (Å²) in [6, 6.07) is 1.84. The third-order valence-corrected chi connectivity index (χ3v) is 2.54. The highest BCUT2D eigenvalue weighted by Crippen LogP contribution is 2.11. The highest BCUT2D eigenvalue weighted by Gasteiger charge is 2.08. The van der Waals surface area contributed by atoms with Crippen LogP contribution in [0.15, 0.2) is 12.3 Å². The quantitative estimate of drug-likeness (QED) is 0.509. The Morgan fingerprint density at radius 1 is 1.17 bits per heavy atom. The molecule has 1 aromatic rings. The Hall–Kier alpha value is -0.910. The third-order valence-electron chi connectivity index (χ3n) is 2.35. The van der Waals surface area contributed by atoms with Crippen molar-refractivity contribution in [3.63, 3.8) is 0 Å². The number of anilines is 1. The van der Waals surface area contributed by atoms with Gasteiger partial charge in [-0.25, -0.2) is 9.97 Å². The maximum atomic E-state index is 5.80. The minimum Gasteiger partial charge on any atom is -0.380 e. The standard InChI is InChI=1S/C12H20ClN3O2/c1-3-17-9-7-16(8-10-18-4-2)11-5-6-14-12(13)15-11/h5-6H,3-4,7-10H2,1-2H3. The van der Waals surface area contributed by atoms with Crippen molar-refractivity contribution >= 4 is 17.4 Å². The van der Waals surface area contributed by atoms with Gasteiger partial charge in [0.15, 0.2) is 0 Å². The molecule has 102 valence electrons. The normalized spacial score (nSPS) is 10.6. The van der Waals surface area contributed by atoms with Gasteiger partial charge in [-0.1, -0.05) is 0 Å². The highest BCUT2D eigenvalue weighted by atomic mass is 35.5.